The summed E-state index contributed by atoms with van der Waals surface area (Å²) in [6.07, 6.45) is -1.62. The van der Waals surface area contributed by atoms with E-state index in [1.807, 2.05) is 24.3 Å². The molecule has 0 atom stereocenters. The maximum atomic E-state index is 13.2. The van der Waals surface area contributed by atoms with Crippen LogP contribution in [0.4, 0.5) is 23.7 Å². The average Bonchev–Trinajstić information content (AvgIpc) is 3.35. The number of aromatic nitrogens is 3. The van der Waals surface area contributed by atoms with Gasteiger partial charge in [-0.2, -0.15) is 4.99 Å². The second kappa shape index (κ2) is 11.6. The Balaban J connectivity index is 1.13. The molecule has 8 nitrogen and oxygen atoms in total. The fourth-order valence-corrected chi connectivity index (χ4v) is 6.23. The number of anilines is 1. The number of alkyl halides is 3. The van der Waals surface area contributed by atoms with E-state index in [-0.39, 0.29) is 11.8 Å². The molecule has 1 saturated carbocycles. The van der Waals surface area contributed by atoms with Crippen LogP contribution in [0, 0.1) is 6.92 Å². The number of rotatable bonds is 7. The van der Waals surface area contributed by atoms with Gasteiger partial charge in [0, 0.05) is 23.5 Å². The van der Waals surface area contributed by atoms with Crippen molar-refractivity contribution in [1.82, 2.24) is 20.1 Å². The third kappa shape index (κ3) is 6.45. The lowest BCUT2D eigenvalue weighted by atomic mass is 9.99. The van der Waals surface area contributed by atoms with Crippen molar-refractivity contribution in [3.63, 3.8) is 0 Å². The molecule has 3 aromatic carbocycles. The number of hydrogen-bond donors (Lipinski definition) is 1. The molecule has 0 bridgehead atoms. The molecule has 1 aliphatic heterocycles. The fourth-order valence-electron chi connectivity index (χ4n) is 5.28. The van der Waals surface area contributed by atoms with E-state index in [9.17, 15) is 18.0 Å². The van der Waals surface area contributed by atoms with Crippen molar-refractivity contribution >= 4 is 28.6 Å². The number of ether oxygens (including phenoxy) is 1. The third-order valence-corrected chi connectivity index (χ3v) is 8.65. The van der Waals surface area contributed by atoms with Crippen LogP contribution in [-0.4, -0.2) is 44.6 Å². The van der Waals surface area contributed by atoms with Gasteiger partial charge in [0.15, 0.2) is 11.0 Å². The smallest absolute Gasteiger partial charge is 0.406 e. The third-order valence-electron chi connectivity index (χ3n) is 7.69. The van der Waals surface area contributed by atoms with Crippen LogP contribution in [0.3, 0.4) is 0 Å². The summed E-state index contributed by atoms with van der Waals surface area (Å²) in [5.41, 5.74) is 5.33. The normalized spacial score (nSPS) is 16.9. The van der Waals surface area contributed by atoms with Gasteiger partial charge in [0.05, 0.1) is 11.2 Å². The Morgan fingerprint density at radius 1 is 1.07 bits per heavy atom. The molecule has 1 aromatic heterocycles. The fraction of sp³-hybridized carbons (Fsp3) is 0.312. The molecule has 228 valence electrons. The first kappa shape index (κ1) is 29.7. The number of hydrogen-bond acceptors (Lipinski definition) is 5. The number of benzene rings is 3. The van der Waals surface area contributed by atoms with E-state index in [1.165, 1.54) is 46.4 Å². The highest BCUT2D eigenvalue weighted by Gasteiger charge is 2.46. The number of aliphatic imine (C=N–C) groups is 1. The van der Waals surface area contributed by atoms with Gasteiger partial charge in [-0.25, -0.2) is 14.5 Å². The molecule has 0 unspecified atom stereocenters. The predicted octanol–water partition coefficient (Wildman–Crippen LogP) is 7.57. The van der Waals surface area contributed by atoms with Gasteiger partial charge < -0.3 is 15.0 Å². The molecule has 12 heteroatoms. The Labute approximate surface area is 257 Å². The second-order valence-corrected chi connectivity index (χ2v) is 12.3. The number of halogens is 3. The van der Waals surface area contributed by atoms with Gasteiger partial charge in [0.2, 0.25) is 0 Å². The molecular weight excluding hydrogens is 589 g/mol. The Kier molecular flexibility index (Phi) is 7.87. The standard InChI is InChI=1S/C32H31F3N6O2S/c1-20(2)26-13-4-21(3)18-27(26)40-16-17-44-30(40)37-29(42)38-31(14-15-31)23-7-5-22(6-8-23)28-36-19-41(39-28)24-9-11-25(12-10-24)43-32(33,34)35/h4-13,18-20H,14-17H2,1-3H3,(H,38,42)/b37-30-. The van der Waals surface area contributed by atoms with Crippen molar-refractivity contribution in [1.29, 1.82) is 0 Å². The van der Waals surface area contributed by atoms with E-state index in [0.29, 0.717) is 22.6 Å². The lowest BCUT2D eigenvalue weighted by molar-refractivity contribution is -0.274. The number of carbonyl (C=O) groups is 1. The topological polar surface area (TPSA) is 84.6 Å². The van der Waals surface area contributed by atoms with Crippen LogP contribution in [0.1, 0.15) is 49.3 Å². The Bertz CT molecular complexity index is 1700. The van der Waals surface area contributed by atoms with Crippen molar-refractivity contribution < 1.29 is 22.7 Å². The highest BCUT2D eigenvalue weighted by atomic mass is 32.2. The summed E-state index contributed by atoms with van der Waals surface area (Å²) in [5, 5.41) is 8.34. The average molecular weight is 621 g/mol. The van der Waals surface area contributed by atoms with Crippen LogP contribution in [0.15, 0.2) is 78.0 Å². The maximum Gasteiger partial charge on any atom is 0.573 e. The number of aryl methyl sites for hydroxylation is 1. The lowest BCUT2D eigenvalue weighted by Gasteiger charge is -2.24. The van der Waals surface area contributed by atoms with Crippen molar-refractivity contribution in [2.45, 2.75) is 51.4 Å². The highest BCUT2D eigenvalue weighted by Crippen LogP contribution is 2.46. The Morgan fingerprint density at radius 3 is 2.45 bits per heavy atom. The quantitative estimate of drug-likeness (QED) is 0.229. The molecule has 1 aliphatic carbocycles. The van der Waals surface area contributed by atoms with Crippen LogP contribution in [0.25, 0.3) is 17.1 Å². The highest BCUT2D eigenvalue weighted by molar-refractivity contribution is 8.14. The Morgan fingerprint density at radius 2 is 1.80 bits per heavy atom. The maximum absolute atomic E-state index is 13.2. The first-order valence-electron chi connectivity index (χ1n) is 14.3. The number of amides is 2. The molecule has 44 heavy (non-hydrogen) atoms. The molecule has 4 aromatic rings. The number of amidine groups is 1. The minimum atomic E-state index is -4.75. The van der Waals surface area contributed by atoms with Crippen LogP contribution in [0.5, 0.6) is 5.75 Å². The second-order valence-electron chi connectivity index (χ2n) is 11.3. The van der Waals surface area contributed by atoms with Gasteiger partial charge in [-0.15, -0.1) is 18.3 Å². The number of urea groups is 1. The molecule has 0 radical (unpaired) electrons. The molecule has 6 rings (SSSR count). The molecule has 1 N–H and O–H groups in total. The summed E-state index contributed by atoms with van der Waals surface area (Å²) in [6, 6.07) is 19.2. The molecule has 1 saturated heterocycles. The molecular formula is C32H31F3N6O2S. The van der Waals surface area contributed by atoms with Crippen LogP contribution in [-0.2, 0) is 5.54 Å². The van der Waals surface area contributed by atoms with Gasteiger partial charge in [-0.3, -0.25) is 0 Å². The van der Waals surface area contributed by atoms with Crippen molar-refractivity contribution in [3.05, 3.63) is 89.7 Å². The predicted molar refractivity (Wildman–Crippen MR) is 165 cm³/mol. The van der Waals surface area contributed by atoms with Gasteiger partial charge in [-0.05, 0) is 72.7 Å². The van der Waals surface area contributed by atoms with E-state index in [1.54, 1.807) is 11.8 Å². The summed E-state index contributed by atoms with van der Waals surface area (Å²) >= 11 is 1.59. The van der Waals surface area contributed by atoms with Crippen LogP contribution < -0.4 is 15.0 Å². The Hall–Kier alpha value is -4.32. The lowest BCUT2D eigenvalue weighted by Crippen LogP contribution is -2.34. The summed E-state index contributed by atoms with van der Waals surface area (Å²) in [4.78, 5) is 24.2. The zero-order chi connectivity index (χ0) is 31.1. The minimum absolute atomic E-state index is 0.310. The number of carbonyl (C=O) groups excluding carboxylic acids is 1. The summed E-state index contributed by atoms with van der Waals surface area (Å²) in [7, 11) is 0. The van der Waals surface area contributed by atoms with Gasteiger partial charge in [0.25, 0.3) is 0 Å². The summed E-state index contributed by atoms with van der Waals surface area (Å²) < 4.78 is 42.7. The van der Waals surface area contributed by atoms with Gasteiger partial charge >= 0.3 is 12.4 Å². The number of nitrogens with one attached hydrogen (secondary N) is 1. The zero-order valence-corrected chi connectivity index (χ0v) is 25.2. The van der Waals surface area contributed by atoms with Gasteiger partial charge in [0.1, 0.15) is 12.1 Å². The van der Waals surface area contributed by atoms with Crippen molar-refractivity contribution in [3.8, 4) is 22.8 Å². The van der Waals surface area contributed by atoms with E-state index in [2.05, 4.69) is 69.0 Å². The van der Waals surface area contributed by atoms with E-state index >= 15 is 0 Å². The van der Waals surface area contributed by atoms with Crippen molar-refractivity contribution in [2.75, 3.05) is 17.2 Å². The van der Waals surface area contributed by atoms with Crippen LogP contribution in [0.2, 0.25) is 0 Å². The first-order valence-corrected chi connectivity index (χ1v) is 15.3. The van der Waals surface area contributed by atoms with E-state index in [4.69, 9.17) is 0 Å². The van der Waals surface area contributed by atoms with Gasteiger partial charge in [-0.1, -0.05) is 62.0 Å². The largest absolute Gasteiger partial charge is 0.573 e. The molecule has 2 fully saturated rings. The molecule has 2 heterocycles. The monoisotopic (exact) mass is 620 g/mol. The molecule has 0 spiro atoms. The summed E-state index contributed by atoms with van der Waals surface area (Å²) in [6.45, 7) is 7.21. The molecule has 2 amide bonds. The van der Waals surface area contributed by atoms with E-state index in [0.717, 1.165) is 42.0 Å². The van der Waals surface area contributed by atoms with E-state index < -0.39 is 11.9 Å². The minimum Gasteiger partial charge on any atom is -0.406 e. The van der Waals surface area contributed by atoms with Crippen LogP contribution >= 0.6 is 11.8 Å². The molecule has 2 aliphatic rings. The summed E-state index contributed by atoms with van der Waals surface area (Å²) in [5.74, 6) is 1.37. The SMILES string of the molecule is Cc1ccc(C(C)C)c(N2CCS/C2=N\C(=O)NC2(c3ccc(-c4ncn(-c5ccc(OC(F)(F)F)cc5)n4)cc3)CC2)c1. The first-order chi connectivity index (χ1) is 21.0. The van der Waals surface area contributed by atoms with Crippen molar-refractivity contribution in [2.24, 2.45) is 4.99 Å². The number of thioether (sulfide) groups is 1. The zero-order valence-electron chi connectivity index (χ0n) is 24.4. The number of nitrogens with zero attached hydrogens (tertiary/aromatic N) is 5.